The zero-order valence-electron chi connectivity index (χ0n) is 10.7. The Balaban J connectivity index is 2.15. The third kappa shape index (κ3) is 3.81. The second kappa shape index (κ2) is 6.69. The first-order valence-corrected chi connectivity index (χ1v) is 6.05. The fourth-order valence-corrected chi connectivity index (χ4v) is 1.61. The molecule has 0 aromatic heterocycles. The number of hydrogen-bond acceptors (Lipinski definition) is 2. The normalized spacial score (nSPS) is 9.75. The van der Waals surface area contributed by atoms with Gasteiger partial charge in [0.15, 0.2) is 0 Å². The molecule has 0 fully saturated rings. The molecule has 4 heteroatoms. The molecule has 0 saturated carbocycles. The van der Waals surface area contributed by atoms with Crippen molar-refractivity contribution < 1.29 is 13.5 Å². The van der Waals surface area contributed by atoms with Crippen LogP contribution in [0.15, 0.2) is 42.5 Å². The first-order chi connectivity index (χ1) is 9.69. The summed E-state index contributed by atoms with van der Waals surface area (Å²) in [5.74, 6) is 5.14. The minimum Gasteiger partial charge on any atom is -0.487 e. The maximum Gasteiger partial charge on any atom is 0.138 e. The lowest BCUT2D eigenvalue weighted by molar-refractivity contribution is 0.303. The Kier molecular flexibility index (Phi) is 4.70. The van der Waals surface area contributed by atoms with Crippen molar-refractivity contribution in [1.82, 2.24) is 0 Å². The van der Waals surface area contributed by atoms with Crippen LogP contribution >= 0.6 is 0 Å². The molecule has 0 amide bonds. The minimum atomic E-state index is -0.405. The van der Waals surface area contributed by atoms with Gasteiger partial charge in [-0.25, -0.2) is 8.78 Å². The second-order valence-electron chi connectivity index (χ2n) is 4.06. The van der Waals surface area contributed by atoms with Crippen molar-refractivity contribution in [2.24, 2.45) is 5.73 Å². The molecule has 0 unspecified atom stereocenters. The van der Waals surface area contributed by atoms with Crippen LogP contribution in [0.3, 0.4) is 0 Å². The first kappa shape index (κ1) is 14.0. The van der Waals surface area contributed by atoms with Crippen LogP contribution in [0.5, 0.6) is 5.75 Å². The fourth-order valence-electron chi connectivity index (χ4n) is 1.61. The summed E-state index contributed by atoms with van der Waals surface area (Å²) < 4.78 is 31.6. The lowest BCUT2D eigenvalue weighted by Crippen LogP contribution is -1.99. The number of benzene rings is 2. The highest BCUT2D eigenvalue weighted by atomic mass is 19.1. The third-order valence-electron chi connectivity index (χ3n) is 2.58. The highest BCUT2D eigenvalue weighted by Gasteiger charge is 2.04. The van der Waals surface area contributed by atoms with E-state index in [4.69, 9.17) is 10.5 Å². The minimum absolute atomic E-state index is 0.209. The average Bonchev–Trinajstić information content (AvgIpc) is 2.46. The molecule has 2 aromatic carbocycles. The number of rotatable bonds is 3. The smallest absolute Gasteiger partial charge is 0.138 e. The second-order valence-corrected chi connectivity index (χ2v) is 4.06. The van der Waals surface area contributed by atoms with E-state index in [0.29, 0.717) is 11.3 Å². The molecule has 0 heterocycles. The number of hydrogen-bond donors (Lipinski definition) is 1. The Morgan fingerprint density at radius 3 is 2.40 bits per heavy atom. The van der Waals surface area contributed by atoms with Crippen LogP contribution in [0.25, 0.3) is 0 Å². The lowest BCUT2D eigenvalue weighted by Gasteiger charge is -2.08. The molecule has 102 valence electrons. The van der Waals surface area contributed by atoms with Crippen LogP contribution in [-0.2, 0) is 6.61 Å². The highest BCUT2D eigenvalue weighted by Crippen LogP contribution is 2.20. The van der Waals surface area contributed by atoms with Crippen LogP contribution in [0.1, 0.15) is 11.1 Å². The van der Waals surface area contributed by atoms with Gasteiger partial charge in [-0.1, -0.05) is 24.0 Å². The summed E-state index contributed by atoms with van der Waals surface area (Å²) in [5.41, 5.74) is 6.67. The van der Waals surface area contributed by atoms with E-state index in [0.717, 1.165) is 5.56 Å². The van der Waals surface area contributed by atoms with E-state index in [9.17, 15) is 8.78 Å². The Bertz CT molecular complexity index is 642. The summed E-state index contributed by atoms with van der Waals surface area (Å²) in [5, 5.41) is 0. The molecule has 0 saturated heterocycles. The number of nitrogens with two attached hydrogens (primary N) is 1. The predicted octanol–water partition coefficient (Wildman–Crippen LogP) is 2.85. The molecule has 2 rings (SSSR count). The van der Waals surface area contributed by atoms with Gasteiger partial charge < -0.3 is 10.5 Å². The van der Waals surface area contributed by atoms with Gasteiger partial charge in [0, 0.05) is 6.07 Å². The van der Waals surface area contributed by atoms with Crippen LogP contribution in [0, 0.1) is 23.5 Å². The van der Waals surface area contributed by atoms with E-state index in [1.54, 1.807) is 12.1 Å². The molecule has 0 spiro atoms. The Morgan fingerprint density at radius 1 is 1.00 bits per heavy atom. The van der Waals surface area contributed by atoms with Gasteiger partial charge in [-0.2, -0.15) is 0 Å². The topological polar surface area (TPSA) is 35.2 Å². The number of ether oxygens (including phenoxy) is 1. The zero-order valence-corrected chi connectivity index (χ0v) is 10.7. The van der Waals surface area contributed by atoms with Gasteiger partial charge in [-0.3, -0.25) is 0 Å². The van der Waals surface area contributed by atoms with Crippen LogP contribution in [0.4, 0.5) is 8.78 Å². The summed E-state index contributed by atoms with van der Waals surface area (Å²) in [6, 6.07) is 10.0. The molecule has 20 heavy (non-hydrogen) atoms. The van der Waals surface area contributed by atoms with E-state index < -0.39 is 5.82 Å². The summed E-state index contributed by atoms with van der Waals surface area (Å²) in [7, 11) is 0. The van der Waals surface area contributed by atoms with Crippen molar-refractivity contribution >= 4 is 0 Å². The first-order valence-electron chi connectivity index (χ1n) is 6.05. The Morgan fingerprint density at radius 2 is 1.70 bits per heavy atom. The molecule has 0 radical (unpaired) electrons. The molecular weight excluding hydrogens is 260 g/mol. The third-order valence-corrected chi connectivity index (χ3v) is 2.58. The van der Waals surface area contributed by atoms with Crippen molar-refractivity contribution in [3.8, 4) is 17.6 Å². The lowest BCUT2D eigenvalue weighted by atomic mass is 10.2. The van der Waals surface area contributed by atoms with Crippen molar-refractivity contribution in [3.05, 3.63) is 65.2 Å². The van der Waals surface area contributed by atoms with Crippen molar-refractivity contribution in [3.63, 3.8) is 0 Å². The molecule has 0 aliphatic carbocycles. The molecule has 2 nitrogen and oxygen atoms in total. The summed E-state index contributed by atoms with van der Waals surface area (Å²) in [4.78, 5) is 0. The maximum absolute atomic E-state index is 13.2. The van der Waals surface area contributed by atoms with Crippen molar-refractivity contribution in [2.75, 3.05) is 6.54 Å². The summed E-state index contributed by atoms with van der Waals surface area (Å²) in [6.45, 7) is 0.426. The van der Waals surface area contributed by atoms with E-state index >= 15 is 0 Å². The van der Waals surface area contributed by atoms with Gasteiger partial charge in [0.2, 0.25) is 0 Å². The SMILES string of the molecule is NCC#Cc1ccc(F)cc1OCc1ccc(F)cc1. The molecular formula is C16H13F2NO. The zero-order chi connectivity index (χ0) is 14.4. The van der Waals surface area contributed by atoms with E-state index in [1.165, 1.54) is 30.3 Å². The number of halogens is 2. The molecule has 2 aromatic rings. The molecule has 0 aliphatic rings. The average molecular weight is 273 g/mol. The van der Waals surface area contributed by atoms with Gasteiger partial charge in [-0.15, -0.1) is 0 Å². The van der Waals surface area contributed by atoms with Crippen molar-refractivity contribution in [1.29, 1.82) is 0 Å². The molecule has 0 atom stereocenters. The van der Waals surface area contributed by atoms with Gasteiger partial charge in [-0.05, 0) is 29.8 Å². The highest BCUT2D eigenvalue weighted by molar-refractivity contribution is 5.46. The van der Waals surface area contributed by atoms with Crippen LogP contribution < -0.4 is 10.5 Å². The van der Waals surface area contributed by atoms with Gasteiger partial charge in [0.05, 0.1) is 12.1 Å². The van der Waals surface area contributed by atoms with E-state index in [-0.39, 0.29) is 19.0 Å². The molecule has 0 bridgehead atoms. The summed E-state index contributed by atoms with van der Waals surface area (Å²) >= 11 is 0. The monoisotopic (exact) mass is 273 g/mol. The van der Waals surface area contributed by atoms with E-state index in [1.807, 2.05) is 0 Å². The van der Waals surface area contributed by atoms with Gasteiger partial charge in [0.1, 0.15) is 24.0 Å². The quantitative estimate of drug-likeness (QED) is 0.873. The van der Waals surface area contributed by atoms with Crippen LogP contribution in [0.2, 0.25) is 0 Å². The Labute approximate surface area is 116 Å². The predicted molar refractivity (Wildman–Crippen MR) is 73.1 cm³/mol. The van der Waals surface area contributed by atoms with Crippen LogP contribution in [-0.4, -0.2) is 6.54 Å². The summed E-state index contributed by atoms with van der Waals surface area (Å²) in [6.07, 6.45) is 0. The van der Waals surface area contributed by atoms with Crippen molar-refractivity contribution in [2.45, 2.75) is 6.61 Å². The van der Waals surface area contributed by atoms with E-state index in [2.05, 4.69) is 11.8 Å². The largest absolute Gasteiger partial charge is 0.487 e. The maximum atomic E-state index is 13.2. The Hall–Kier alpha value is -2.38. The van der Waals surface area contributed by atoms with Gasteiger partial charge >= 0.3 is 0 Å². The molecule has 2 N–H and O–H groups in total. The standard InChI is InChI=1S/C16H13F2NO/c17-14-6-3-12(4-7-14)11-20-16-10-15(18)8-5-13(16)2-1-9-19/h3-8,10H,9,11,19H2. The fraction of sp³-hybridized carbons (Fsp3) is 0.125. The van der Waals surface area contributed by atoms with Gasteiger partial charge in [0.25, 0.3) is 0 Å². The molecule has 0 aliphatic heterocycles.